The SMILES string of the molecule is C[C@@H](C/C=C\Cc1nc2c(c(=O)[nH]1)[C@](C)(C1CCCCC1)Cc1ccccc1-2)c1ccccc1. The van der Waals surface area contributed by atoms with Crippen molar-refractivity contribution in [3.05, 3.63) is 99.6 Å². The normalized spacial score (nSPS) is 21.2. The van der Waals surface area contributed by atoms with E-state index >= 15 is 0 Å². The lowest BCUT2D eigenvalue weighted by atomic mass is 9.60. The van der Waals surface area contributed by atoms with Crippen LogP contribution in [-0.4, -0.2) is 9.97 Å². The quantitative estimate of drug-likeness (QED) is 0.405. The van der Waals surface area contributed by atoms with Gasteiger partial charge in [0.15, 0.2) is 0 Å². The first-order chi connectivity index (χ1) is 16.6. The molecule has 3 heteroatoms. The topological polar surface area (TPSA) is 45.8 Å². The van der Waals surface area contributed by atoms with Gasteiger partial charge in [-0.25, -0.2) is 4.98 Å². The number of hydrogen-bond donors (Lipinski definition) is 1. The summed E-state index contributed by atoms with van der Waals surface area (Å²) in [4.78, 5) is 21.8. The van der Waals surface area contributed by atoms with E-state index in [0.717, 1.165) is 35.5 Å². The van der Waals surface area contributed by atoms with Crippen LogP contribution in [0.5, 0.6) is 0 Å². The minimum Gasteiger partial charge on any atom is -0.310 e. The van der Waals surface area contributed by atoms with Crippen molar-refractivity contribution in [2.75, 3.05) is 0 Å². The van der Waals surface area contributed by atoms with Crippen LogP contribution in [0.4, 0.5) is 0 Å². The number of aromatic nitrogens is 2. The third kappa shape index (κ3) is 4.41. The van der Waals surface area contributed by atoms with E-state index in [1.807, 2.05) is 0 Å². The summed E-state index contributed by atoms with van der Waals surface area (Å²) in [6.07, 6.45) is 13.2. The third-order valence-corrected chi connectivity index (χ3v) is 8.21. The standard InChI is InChI=1S/C31H36N2O/c1-22(23-14-5-3-6-15-23)13-9-12-20-27-32-29-26-19-11-10-16-24(26)21-31(2,28(29)30(34)33-27)25-17-7-4-8-18-25/h3,5-6,9-12,14-16,19,22,25H,4,7-8,13,17-18,20-21H2,1-2H3,(H,32,33,34)/b12-9-/t22-,31-/m0/s1. The lowest BCUT2D eigenvalue weighted by Gasteiger charge is -2.43. The predicted octanol–water partition coefficient (Wildman–Crippen LogP) is 7.12. The highest BCUT2D eigenvalue weighted by Gasteiger charge is 2.44. The molecule has 0 spiro atoms. The van der Waals surface area contributed by atoms with Crippen molar-refractivity contribution < 1.29 is 0 Å². The molecule has 0 unspecified atom stereocenters. The van der Waals surface area contributed by atoms with E-state index in [1.165, 1.54) is 43.2 Å². The number of rotatable bonds is 6. The number of nitrogens with zero attached hydrogens (tertiary/aromatic N) is 1. The number of nitrogens with one attached hydrogen (secondary N) is 1. The number of aromatic amines is 1. The van der Waals surface area contributed by atoms with Crippen LogP contribution in [0.3, 0.4) is 0 Å². The van der Waals surface area contributed by atoms with Crippen LogP contribution in [0.25, 0.3) is 11.3 Å². The van der Waals surface area contributed by atoms with E-state index in [2.05, 4.69) is 85.6 Å². The third-order valence-electron chi connectivity index (χ3n) is 8.21. The molecule has 1 saturated carbocycles. The fraction of sp³-hybridized carbons (Fsp3) is 0.419. The van der Waals surface area contributed by atoms with Gasteiger partial charge in [0.25, 0.3) is 5.56 Å². The maximum absolute atomic E-state index is 13.6. The fourth-order valence-electron chi connectivity index (χ4n) is 6.23. The minimum atomic E-state index is -0.149. The molecule has 1 aromatic heterocycles. The highest BCUT2D eigenvalue weighted by Crippen LogP contribution is 2.48. The first kappa shape index (κ1) is 22.8. The van der Waals surface area contributed by atoms with E-state index in [0.29, 0.717) is 18.3 Å². The minimum absolute atomic E-state index is 0.0635. The molecule has 1 fully saturated rings. The number of benzene rings is 2. The van der Waals surface area contributed by atoms with Crippen LogP contribution < -0.4 is 5.56 Å². The molecule has 176 valence electrons. The van der Waals surface area contributed by atoms with Gasteiger partial charge in [0.05, 0.1) is 11.3 Å². The lowest BCUT2D eigenvalue weighted by molar-refractivity contribution is 0.213. The Hall–Kier alpha value is -2.94. The van der Waals surface area contributed by atoms with Gasteiger partial charge in [-0.2, -0.15) is 0 Å². The van der Waals surface area contributed by atoms with Crippen molar-refractivity contribution in [1.29, 1.82) is 0 Å². The van der Waals surface area contributed by atoms with E-state index in [-0.39, 0.29) is 11.0 Å². The molecule has 2 atom stereocenters. The van der Waals surface area contributed by atoms with Gasteiger partial charge in [-0.3, -0.25) is 4.79 Å². The summed E-state index contributed by atoms with van der Waals surface area (Å²) in [5.74, 6) is 1.77. The summed E-state index contributed by atoms with van der Waals surface area (Å²) in [6, 6.07) is 19.2. The average Bonchev–Trinajstić information content (AvgIpc) is 2.87. The molecular formula is C31H36N2O. The molecule has 0 bridgehead atoms. The van der Waals surface area contributed by atoms with Gasteiger partial charge in [0.1, 0.15) is 5.82 Å². The van der Waals surface area contributed by atoms with Gasteiger partial charge in [-0.15, -0.1) is 0 Å². The molecule has 5 rings (SSSR count). The van der Waals surface area contributed by atoms with E-state index in [9.17, 15) is 4.79 Å². The van der Waals surface area contributed by atoms with Crippen molar-refractivity contribution in [2.24, 2.45) is 5.92 Å². The first-order valence-corrected chi connectivity index (χ1v) is 13.0. The molecule has 34 heavy (non-hydrogen) atoms. The van der Waals surface area contributed by atoms with E-state index < -0.39 is 0 Å². The molecule has 0 radical (unpaired) electrons. The Labute approximate surface area is 203 Å². The van der Waals surface area contributed by atoms with Crippen LogP contribution in [-0.2, 0) is 18.3 Å². The Morgan fingerprint density at radius 3 is 2.56 bits per heavy atom. The molecular weight excluding hydrogens is 416 g/mol. The van der Waals surface area contributed by atoms with E-state index in [4.69, 9.17) is 4.98 Å². The summed E-state index contributed by atoms with van der Waals surface area (Å²) >= 11 is 0. The van der Waals surface area contributed by atoms with Gasteiger partial charge in [-0.1, -0.05) is 99.9 Å². The monoisotopic (exact) mass is 452 g/mol. The highest BCUT2D eigenvalue weighted by molar-refractivity contribution is 5.71. The second-order valence-corrected chi connectivity index (χ2v) is 10.5. The fourth-order valence-corrected chi connectivity index (χ4v) is 6.23. The molecule has 0 aliphatic heterocycles. The molecule has 2 aromatic carbocycles. The van der Waals surface area contributed by atoms with Gasteiger partial charge < -0.3 is 4.98 Å². The molecule has 3 aromatic rings. The van der Waals surface area contributed by atoms with E-state index in [1.54, 1.807) is 0 Å². The Balaban J connectivity index is 1.43. The number of hydrogen-bond acceptors (Lipinski definition) is 2. The zero-order chi connectivity index (χ0) is 23.5. The summed E-state index contributed by atoms with van der Waals surface area (Å²) < 4.78 is 0. The Morgan fingerprint density at radius 1 is 1.03 bits per heavy atom. The summed E-state index contributed by atoms with van der Waals surface area (Å²) in [5.41, 5.74) is 5.58. The maximum atomic E-state index is 13.6. The molecule has 2 aliphatic carbocycles. The second kappa shape index (κ2) is 9.74. The van der Waals surface area contributed by atoms with Crippen LogP contribution in [0.15, 0.2) is 71.5 Å². The average molecular weight is 453 g/mol. The summed E-state index contributed by atoms with van der Waals surface area (Å²) in [7, 11) is 0. The van der Waals surface area contributed by atoms with Crippen molar-refractivity contribution in [3.63, 3.8) is 0 Å². The van der Waals surface area contributed by atoms with Crippen molar-refractivity contribution in [2.45, 2.75) is 76.5 Å². The van der Waals surface area contributed by atoms with Gasteiger partial charge in [0.2, 0.25) is 0 Å². The zero-order valence-electron chi connectivity index (χ0n) is 20.5. The van der Waals surface area contributed by atoms with Crippen molar-refractivity contribution in [1.82, 2.24) is 9.97 Å². The Morgan fingerprint density at radius 2 is 1.76 bits per heavy atom. The maximum Gasteiger partial charge on any atom is 0.255 e. The molecule has 0 amide bonds. The Kier molecular flexibility index (Phi) is 6.54. The second-order valence-electron chi connectivity index (χ2n) is 10.5. The van der Waals surface area contributed by atoms with Crippen LogP contribution >= 0.6 is 0 Å². The van der Waals surface area contributed by atoms with Crippen molar-refractivity contribution in [3.8, 4) is 11.3 Å². The number of fused-ring (bicyclic) bond motifs is 3. The van der Waals surface area contributed by atoms with Gasteiger partial charge in [0, 0.05) is 17.4 Å². The van der Waals surface area contributed by atoms with Gasteiger partial charge >= 0.3 is 0 Å². The van der Waals surface area contributed by atoms with Crippen LogP contribution in [0.1, 0.15) is 80.8 Å². The zero-order valence-corrected chi connectivity index (χ0v) is 20.5. The molecule has 2 aliphatic rings. The summed E-state index contributed by atoms with van der Waals surface area (Å²) in [5, 5.41) is 0. The predicted molar refractivity (Wildman–Crippen MR) is 140 cm³/mol. The summed E-state index contributed by atoms with van der Waals surface area (Å²) in [6.45, 7) is 4.57. The number of H-pyrrole nitrogens is 1. The largest absolute Gasteiger partial charge is 0.310 e. The molecule has 1 N–H and O–H groups in total. The van der Waals surface area contributed by atoms with Gasteiger partial charge in [-0.05, 0) is 48.6 Å². The Bertz CT molecular complexity index is 1220. The lowest BCUT2D eigenvalue weighted by Crippen LogP contribution is -2.43. The highest BCUT2D eigenvalue weighted by atomic mass is 16.1. The number of allylic oxidation sites excluding steroid dienone is 2. The van der Waals surface area contributed by atoms with Crippen LogP contribution in [0.2, 0.25) is 0 Å². The molecule has 0 saturated heterocycles. The molecule has 3 nitrogen and oxygen atoms in total. The van der Waals surface area contributed by atoms with Crippen molar-refractivity contribution >= 4 is 0 Å². The van der Waals surface area contributed by atoms with Crippen LogP contribution in [0, 0.1) is 5.92 Å². The molecule has 1 heterocycles. The smallest absolute Gasteiger partial charge is 0.255 e. The first-order valence-electron chi connectivity index (χ1n) is 13.0.